The van der Waals surface area contributed by atoms with E-state index in [1.165, 1.54) is 0 Å². The number of carbonyl (C=O) groups excluding carboxylic acids is 1. The summed E-state index contributed by atoms with van der Waals surface area (Å²) in [7, 11) is 0. The Morgan fingerprint density at radius 1 is 0.611 bits per heavy atom. The van der Waals surface area contributed by atoms with E-state index in [1.54, 1.807) is 72.8 Å². The fourth-order valence-corrected chi connectivity index (χ4v) is 3.42. The van der Waals surface area contributed by atoms with E-state index in [0.717, 1.165) is 11.1 Å². The van der Waals surface area contributed by atoms with Gasteiger partial charge >= 0.3 is 6.03 Å². The van der Waals surface area contributed by atoms with E-state index < -0.39 is 0 Å². The first-order chi connectivity index (χ1) is 17.4. The summed E-state index contributed by atoms with van der Waals surface area (Å²) in [5, 5.41) is 23.5. The molecule has 176 valence electrons. The lowest BCUT2D eigenvalue weighted by Crippen LogP contribution is -2.20. The second kappa shape index (κ2) is 10.8. The van der Waals surface area contributed by atoms with Gasteiger partial charge in [0.05, 0.1) is 23.3 Å². The van der Waals surface area contributed by atoms with Crippen molar-refractivity contribution in [3.63, 3.8) is 0 Å². The number of hydrogen-bond acceptors (Lipinski definition) is 5. The average Bonchev–Trinajstić information content (AvgIpc) is 2.88. The number of carbonyl (C=O) groups is 1. The number of ether oxygens (including phenoxy) is 2. The van der Waals surface area contributed by atoms with Crippen LogP contribution in [0.3, 0.4) is 0 Å². The Balaban J connectivity index is 1.36. The van der Waals surface area contributed by atoms with Crippen molar-refractivity contribution >= 4 is 17.4 Å². The molecule has 0 saturated heterocycles. The maximum atomic E-state index is 12.6. The van der Waals surface area contributed by atoms with Crippen LogP contribution in [0.1, 0.15) is 22.3 Å². The Labute approximate surface area is 209 Å². The van der Waals surface area contributed by atoms with Gasteiger partial charge in [0.25, 0.3) is 0 Å². The van der Waals surface area contributed by atoms with Gasteiger partial charge in [0, 0.05) is 11.4 Å². The zero-order chi connectivity index (χ0) is 25.5. The second-order valence-corrected chi connectivity index (χ2v) is 8.01. The molecule has 4 aromatic carbocycles. The van der Waals surface area contributed by atoms with Gasteiger partial charge in [-0.25, -0.2) is 4.79 Å². The number of anilines is 2. The summed E-state index contributed by atoms with van der Waals surface area (Å²) < 4.78 is 11.7. The fraction of sp³-hybridized carbons (Fsp3) is 0.0690. The Hall–Kier alpha value is -5.27. The number of aryl methyl sites for hydroxylation is 2. The van der Waals surface area contributed by atoms with Gasteiger partial charge in [-0.15, -0.1) is 0 Å². The van der Waals surface area contributed by atoms with E-state index in [4.69, 9.17) is 20.0 Å². The summed E-state index contributed by atoms with van der Waals surface area (Å²) in [6.07, 6.45) is 0. The number of nitrogens with one attached hydrogen (secondary N) is 2. The highest BCUT2D eigenvalue weighted by atomic mass is 16.5. The summed E-state index contributed by atoms with van der Waals surface area (Å²) in [5.74, 6) is 2.48. The molecule has 2 N–H and O–H groups in total. The van der Waals surface area contributed by atoms with Crippen LogP contribution in [0.4, 0.5) is 16.2 Å². The predicted octanol–water partition coefficient (Wildman–Crippen LogP) is 7.28. The molecule has 4 aromatic rings. The van der Waals surface area contributed by atoms with Gasteiger partial charge in [-0.2, -0.15) is 10.5 Å². The van der Waals surface area contributed by atoms with Gasteiger partial charge in [0.15, 0.2) is 0 Å². The number of hydrogen-bond donors (Lipinski definition) is 2. The molecule has 4 rings (SSSR count). The van der Waals surface area contributed by atoms with Crippen molar-refractivity contribution in [1.29, 1.82) is 10.5 Å². The molecule has 0 spiro atoms. The van der Waals surface area contributed by atoms with E-state index in [9.17, 15) is 4.79 Å². The van der Waals surface area contributed by atoms with Crippen LogP contribution in [-0.2, 0) is 0 Å². The minimum absolute atomic E-state index is 0.372. The van der Waals surface area contributed by atoms with Gasteiger partial charge in [-0.05, 0) is 110 Å². The van der Waals surface area contributed by atoms with Crippen molar-refractivity contribution < 1.29 is 14.3 Å². The first-order valence-corrected chi connectivity index (χ1v) is 11.1. The Bertz CT molecular complexity index is 1370. The fourth-order valence-electron chi connectivity index (χ4n) is 3.42. The molecule has 0 radical (unpaired) electrons. The summed E-state index contributed by atoms with van der Waals surface area (Å²) >= 11 is 0. The van der Waals surface area contributed by atoms with Crippen molar-refractivity contribution in [1.82, 2.24) is 0 Å². The zero-order valence-electron chi connectivity index (χ0n) is 19.7. The monoisotopic (exact) mass is 474 g/mol. The Kier molecular flexibility index (Phi) is 7.14. The van der Waals surface area contributed by atoms with Crippen molar-refractivity contribution in [3.8, 4) is 35.1 Å². The van der Waals surface area contributed by atoms with Crippen LogP contribution >= 0.6 is 0 Å². The largest absolute Gasteiger partial charge is 0.457 e. The number of rotatable bonds is 6. The molecule has 0 aromatic heterocycles. The molecule has 0 aliphatic carbocycles. The molecule has 0 saturated carbocycles. The molecule has 36 heavy (non-hydrogen) atoms. The smallest absolute Gasteiger partial charge is 0.323 e. The van der Waals surface area contributed by atoms with Crippen LogP contribution in [0.25, 0.3) is 0 Å². The molecule has 0 aliphatic heterocycles. The molecular formula is C29H22N4O3. The van der Waals surface area contributed by atoms with Crippen LogP contribution < -0.4 is 20.1 Å². The van der Waals surface area contributed by atoms with Crippen molar-refractivity contribution in [2.45, 2.75) is 13.8 Å². The minimum Gasteiger partial charge on any atom is -0.457 e. The molecule has 7 heteroatoms. The molecule has 0 unspecified atom stereocenters. The molecule has 0 atom stereocenters. The first kappa shape index (κ1) is 23.9. The summed E-state index contributed by atoms with van der Waals surface area (Å²) in [6, 6.07) is 28.2. The third kappa shape index (κ3) is 5.99. The van der Waals surface area contributed by atoms with E-state index >= 15 is 0 Å². The van der Waals surface area contributed by atoms with Crippen molar-refractivity contribution in [2.75, 3.05) is 10.6 Å². The summed E-state index contributed by atoms with van der Waals surface area (Å²) in [6.45, 7) is 3.75. The lowest BCUT2D eigenvalue weighted by molar-refractivity contribution is 0.262. The Morgan fingerprint density at radius 2 is 0.972 bits per heavy atom. The second-order valence-electron chi connectivity index (χ2n) is 8.01. The number of nitrogens with zero attached hydrogens (tertiary/aromatic N) is 2. The van der Waals surface area contributed by atoms with Crippen molar-refractivity contribution in [3.05, 3.63) is 107 Å². The molecular weight excluding hydrogens is 452 g/mol. The van der Waals surface area contributed by atoms with E-state index in [2.05, 4.69) is 22.8 Å². The van der Waals surface area contributed by atoms with Crippen LogP contribution in [0.15, 0.2) is 84.9 Å². The van der Waals surface area contributed by atoms with Crippen molar-refractivity contribution in [2.24, 2.45) is 0 Å². The number of amides is 2. The topological polar surface area (TPSA) is 107 Å². The molecule has 0 aliphatic rings. The molecule has 7 nitrogen and oxygen atoms in total. The van der Waals surface area contributed by atoms with E-state index in [0.29, 0.717) is 45.5 Å². The highest BCUT2D eigenvalue weighted by molar-refractivity contribution is 6.00. The van der Waals surface area contributed by atoms with Crippen LogP contribution in [-0.4, -0.2) is 6.03 Å². The normalized spacial score (nSPS) is 10.0. The van der Waals surface area contributed by atoms with Crippen LogP contribution in [0, 0.1) is 36.5 Å². The van der Waals surface area contributed by atoms with Gasteiger partial charge in [-0.1, -0.05) is 0 Å². The highest BCUT2D eigenvalue weighted by Gasteiger charge is 2.09. The minimum atomic E-state index is -0.372. The quantitative estimate of drug-likeness (QED) is 0.305. The maximum absolute atomic E-state index is 12.6. The Morgan fingerprint density at radius 3 is 1.31 bits per heavy atom. The lowest BCUT2D eigenvalue weighted by atomic mass is 10.2. The predicted molar refractivity (Wildman–Crippen MR) is 137 cm³/mol. The molecule has 0 heterocycles. The van der Waals surface area contributed by atoms with Crippen LogP contribution in [0.5, 0.6) is 23.0 Å². The van der Waals surface area contributed by atoms with Gasteiger partial charge < -0.3 is 20.1 Å². The molecule has 0 bridgehead atoms. The zero-order valence-corrected chi connectivity index (χ0v) is 19.7. The average molecular weight is 475 g/mol. The molecule has 0 fully saturated rings. The molecule has 2 amide bonds. The van der Waals surface area contributed by atoms with E-state index in [1.807, 2.05) is 26.0 Å². The van der Waals surface area contributed by atoms with Gasteiger partial charge in [-0.3, -0.25) is 0 Å². The summed E-state index contributed by atoms with van der Waals surface area (Å²) in [4.78, 5) is 12.6. The van der Waals surface area contributed by atoms with Gasteiger partial charge in [0.2, 0.25) is 0 Å². The summed E-state index contributed by atoms with van der Waals surface area (Å²) in [5.41, 5.74) is 4.09. The first-order valence-electron chi connectivity index (χ1n) is 11.1. The lowest BCUT2D eigenvalue weighted by Gasteiger charge is -2.14. The third-order valence-electron chi connectivity index (χ3n) is 5.33. The van der Waals surface area contributed by atoms with Crippen LogP contribution in [0.2, 0.25) is 0 Å². The van der Waals surface area contributed by atoms with Gasteiger partial charge in [0.1, 0.15) is 23.0 Å². The maximum Gasteiger partial charge on any atom is 0.323 e. The highest BCUT2D eigenvalue weighted by Crippen LogP contribution is 2.28. The third-order valence-corrected chi connectivity index (χ3v) is 5.33. The SMILES string of the molecule is Cc1cc(Oc2ccc(C#N)cc2)ccc1NC(=O)Nc1ccc(Oc2ccc(C#N)cc2)cc1C. The van der Waals surface area contributed by atoms with E-state index in [-0.39, 0.29) is 6.03 Å². The number of urea groups is 1. The standard InChI is InChI=1S/C29H22N4O3/c1-19-15-25(35-23-7-3-21(17-30)4-8-23)11-13-27(19)32-29(34)33-28-14-12-26(16-20(28)2)36-24-9-5-22(18-31)6-10-24/h3-16H,1-2H3,(H2,32,33,34). The number of benzene rings is 4. The number of nitriles is 2.